The summed E-state index contributed by atoms with van der Waals surface area (Å²) >= 11 is 0. The summed E-state index contributed by atoms with van der Waals surface area (Å²) in [6, 6.07) is 0.238. The Morgan fingerprint density at radius 3 is 2.67 bits per heavy atom. The molecular formula is C12H20N4O2. The number of ether oxygens (including phenoxy) is 1. The average Bonchev–Trinajstić information content (AvgIpc) is 2.88. The van der Waals surface area contributed by atoms with Crippen molar-refractivity contribution in [3.8, 4) is 0 Å². The molecule has 1 heterocycles. The van der Waals surface area contributed by atoms with E-state index in [4.69, 9.17) is 4.74 Å². The molecule has 1 aromatic heterocycles. The molecule has 0 N–H and O–H groups in total. The third-order valence-corrected chi connectivity index (χ3v) is 3.69. The number of carbonyl (C=O) groups is 1. The topological polar surface area (TPSA) is 69.9 Å². The first kappa shape index (κ1) is 13.0. The Kier molecular flexibility index (Phi) is 4.28. The summed E-state index contributed by atoms with van der Waals surface area (Å²) in [4.78, 5) is 11.7. The van der Waals surface area contributed by atoms with Gasteiger partial charge in [0.25, 0.3) is 5.82 Å². The van der Waals surface area contributed by atoms with Crippen LogP contribution in [0.25, 0.3) is 0 Å². The summed E-state index contributed by atoms with van der Waals surface area (Å²) < 4.78 is 6.60. The van der Waals surface area contributed by atoms with Gasteiger partial charge in [-0.3, -0.25) is 0 Å². The molecule has 18 heavy (non-hydrogen) atoms. The lowest BCUT2D eigenvalue weighted by Crippen LogP contribution is -2.23. The lowest BCUT2D eigenvalue weighted by molar-refractivity contribution is 0.0498. The molecule has 0 aromatic carbocycles. The Morgan fingerprint density at radius 1 is 1.33 bits per heavy atom. The van der Waals surface area contributed by atoms with E-state index in [0.717, 1.165) is 18.8 Å². The van der Waals surface area contributed by atoms with Gasteiger partial charge in [0, 0.05) is 0 Å². The zero-order valence-corrected chi connectivity index (χ0v) is 11.0. The summed E-state index contributed by atoms with van der Waals surface area (Å²) in [5.41, 5.74) is 0. The van der Waals surface area contributed by atoms with Crippen LogP contribution in [0.1, 0.15) is 62.6 Å². The highest BCUT2D eigenvalue weighted by Crippen LogP contribution is 2.33. The van der Waals surface area contributed by atoms with Gasteiger partial charge >= 0.3 is 5.97 Å². The number of carbonyl (C=O) groups excluding carboxylic acids is 1. The van der Waals surface area contributed by atoms with Crippen molar-refractivity contribution in [2.24, 2.45) is 5.92 Å². The smallest absolute Gasteiger partial charge is 0.378 e. The Hall–Kier alpha value is -1.46. The minimum Gasteiger partial charge on any atom is -0.460 e. The highest BCUT2D eigenvalue weighted by molar-refractivity contribution is 5.85. The van der Waals surface area contributed by atoms with Crippen LogP contribution in [0.2, 0.25) is 0 Å². The summed E-state index contributed by atoms with van der Waals surface area (Å²) in [6.45, 7) is 4.35. The molecule has 0 bridgehead atoms. The molecule has 2 rings (SSSR count). The Labute approximate surface area is 107 Å². The van der Waals surface area contributed by atoms with Crippen molar-refractivity contribution in [3.05, 3.63) is 5.82 Å². The van der Waals surface area contributed by atoms with Gasteiger partial charge in [-0.1, -0.05) is 13.3 Å². The summed E-state index contributed by atoms with van der Waals surface area (Å²) in [5, 5.41) is 11.3. The SMILES string of the molecule is CCOC(=O)c1nnnn1C1CCC(CC)CC1. The van der Waals surface area contributed by atoms with Gasteiger partial charge in [0.05, 0.1) is 12.6 Å². The van der Waals surface area contributed by atoms with Gasteiger partial charge in [-0.15, -0.1) is 5.10 Å². The molecule has 0 aliphatic heterocycles. The normalized spacial score (nSPS) is 23.9. The van der Waals surface area contributed by atoms with Crippen LogP contribution >= 0.6 is 0 Å². The molecule has 6 heteroatoms. The van der Waals surface area contributed by atoms with Crippen molar-refractivity contribution in [2.75, 3.05) is 6.61 Å². The maximum absolute atomic E-state index is 11.7. The molecule has 1 aliphatic rings. The highest BCUT2D eigenvalue weighted by Gasteiger charge is 2.27. The van der Waals surface area contributed by atoms with Gasteiger partial charge < -0.3 is 4.74 Å². The Bertz CT molecular complexity index is 397. The number of nitrogens with zero attached hydrogens (tertiary/aromatic N) is 4. The van der Waals surface area contributed by atoms with E-state index in [1.165, 1.54) is 19.3 Å². The second kappa shape index (κ2) is 5.93. The van der Waals surface area contributed by atoms with Crippen LogP contribution in [0, 0.1) is 5.92 Å². The zero-order valence-electron chi connectivity index (χ0n) is 11.0. The molecule has 0 spiro atoms. The van der Waals surface area contributed by atoms with Gasteiger partial charge in [0.15, 0.2) is 0 Å². The van der Waals surface area contributed by atoms with E-state index in [9.17, 15) is 4.79 Å². The number of hydrogen-bond donors (Lipinski definition) is 0. The van der Waals surface area contributed by atoms with Crippen LogP contribution in [-0.2, 0) is 4.74 Å². The van der Waals surface area contributed by atoms with Crippen molar-refractivity contribution in [2.45, 2.75) is 52.0 Å². The summed E-state index contributed by atoms with van der Waals surface area (Å²) in [7, 11) is 0. The zero-order chi connectivity index (χ0) is 13.0. The van der Waals surface area contributed by atoms with Gasteiger partial charge in [-0.2, -0.15) is 0 Å². The second-order valence-corrected chi connectivity index (χ2v) is 4.75. The number of esters is 1. The lowest BCUT2D eigenvalue weighted by atomic mass is 9.84. The summed E-state index contributed by atoms with van der Waals surface area (Å²) in [6.07, 6.45) is 5.67. The predicted octanol–water partition coefficient (Wildman–Crippen LogP) is 1.99. The molecule has 1 fully saturated rings. The Morgan fingerprint density at radius 2 is 2.06 bits per heavy atom. The molecule has 0 radical (unpaired) electrons. The van der Waals surface area contributed by atoms with E-state index in [1.807, 2.05) is 0 Å². The van der Waals surface area contributed by atoms with Crippen LogP contribution in [0.5, 0.6) is 0 Å². The Balaban J connectivity index is 2.05. The predicted molar refractivity (Wildman–Crippen MR) is 65.1 cm³/mol. The first-order chi connectivity index (χ1) is 8.76. The fourth-order valence-electron chi connectivity index (χ4n) is 2.57. The van der Waals surface area contributed by atoms with Crippen molar-refractivity contribution in [1.82, 2.24) is 20.2 Å². The first-order valence-electron chi connectivity index (χ1n) is 6.71. The third-order valence-electron chi connectivity index (χ3n) is 3.69. The monoisotopic (exact) mass is 252 g/mol. The van der Waals surface area contributed by atoms with Gasteiger partial charge in [-0.25, -0.2) is 9.48 Å². The van der Waals surface area contributed by atoms with E-state index in [2.05, 4.69) is 22.4 Å². The average molecular weight is 252 g/mol. The van der Waals surface area contributed by atoms with E-state index < -0.39 is 5.97 Å². The molecule has 0 unspecified atom stereocenters. The molecular weight excluding hydrogens is 232 g/mol. The van der Waals surface area contributed by atoms with E-state index >= 15 is 0 Å². The maximum Gasteiger partial charge on any atom is 0.378 e. The van der Waals surface area contributed by atoms with E-state index in [1.54, 1.807) is 11.6 Å². The van der Waals surface area contributed by atoms with E-state index in [-0.39, 0.29) is 11.9 Å². The number of hydrogen-bond acceptors (Lipinski definition) is 5. The van der Waals surface area contributed by atoms with Crippen molar-refractivity contribution in [3.63, 3.8) is 0 Å². The maximum atomic E-state index is 11.7. The first-order valence-corrected chi connectivity index (χ1v) is 6.71. The molecule has 0 amide bonds. The van der Waals surface area contributed by atoms with Crippen LogP contribution < -0.4 is 0 Å². The molecule has 0 atom stereocenters. The van der Waals surface area contributed by atoms with E-state index in [0.29, 0.717) is 6.61 Å². The molecule has 1 saturated carbocycles. The van der Waals surface area contributed by atoms with Crippen molar-refractivity contribution < 1.29 is 9.53 Å². The van der Waals surface area contributed by atoms with Gasteiger partial charge in [0.1, 0.15) is 0 Å². The molecule has 1 aliphatic carbocycles. The lowest BCUT2D eigenvalue weighted by Gasteiger charge is -2.27. The minimum absolute atomic E-state index is 0.233. The number of tetrazole rings is 1. The fraction of sp³-hybridized carbons (Fsp3) is 0.833. The largest absolute Gasteiger partial charge is 0.460 e. The van der Waals surface area contributed by atoms with Crippen LogP contribution in [0.4, 0.5) is 0 Å². The third kappa shape index (κ3) is 2.68. The quantitative estimate of drug-likeness (QED) is 0.766. The van der Waals surface area contributed by atoms with Crippen molar-refractivity contribution >= 4 is 5.97 Å². The van der Waals surface area contributed by atoms with Crippen LogP contribution in [0.15, 0.2) is 0 Å². The second-order valence-electron chi connectivity index (χ2n) is 4.75. The number of aromatic nitrogens is 4. The molecule has 1 aromatic rings. The molecule has 100 valence electrons. The summed E-state index contributed by atoms with van der Waals surface area (Å²) in [5.74, 6) is 0.612. The fourth-order valence-corrected chi connectivity index (χ4v) is 2.57. The van der Waals surface area contributed by atoms with Crippen LogP contribution in [0.3, 0.4) is 0 Å². The van der Waals surface area contributed by atoms with Gasteiger partial charge in [-0.05, 0) is 49.0 Å². The van der Waals surface area contributed by atoms with Crippen LogP contribution in [-0.4, -0.2) is 32.8 Å². The minimum atomic E-state index is -0.430. The molecule has 0 saturated heterocycles. The molecule has 6 nitrogen and oxygen atoms in total. The van der Waals surface area contributed by atoms with Crippen molar-refractivity contribution in [1.29, 1.82) is 0 Å². The van der Waals surface area contributed by atoms with Gasteiger partial charge in [0.2, 0.25) is 0 Å². The highest BCUT2D eigenvalue weighted by atomic mass is 16.5. The number of rotatable bonds is 4. The standard InChI is InChI=1S/C12H20N4O2/c1-3-9-5-7-10(8-6-9)16-11(13-14-15-16)12(17)18-4-2/h9-10H,3-8H2,1-2H3.